The topological polar surface area (TPSA) is 115 Å². The molecule has 0 bridgehead atoms. The normalized spacial score (nSPS) is 22.1. The second-order valence-corrected chi connectivity index (χ2v) is 7.11. The van der Waals surface area contributed by atoms with Gasteiger partial charge in [0.1, 0.15) is 0 Å². The maximum atomic E-state index is 13.1. The zero-order chi connectivity index (χ0) is 17.7. The third-order valence-corrected chi connectivity index (χ3v) is 5.56. The van der Waals surface area contributed by atoms with Crippen LogP contribution in [0.1, 0.15) is 40.9 Å². The highest BCUT2D eigenvalue weighted by atomic mass is 16.2. The van der Waals surface area contributed by atoms with E-state index in [1.54, 1.807) is 18.3 Å². The van der Waals surface area contributed by atoms with Gasteiger partial charge in [0.15, 0.2) is 5.65 Å². The monoisotopic (exact) mass is 350 g/mol. The van der Waals surface area contributed by atoms with Gasteiger partial charge in [0.2, 0.25) is 5.95 Å². The van der Waals surface area contributed by atoms with Crippen molar-refractivity contribution >= 4 is 17.5 Å². The number of aromatic nitrogens is 6. The van der Waals surface area contributed by atoms with Gasteiger partial charge in [-0.2, -0.15) is 4.52 Å². The van der Waals surface area contributed by atoms with E-state index in [0.29, 0.717) is 23.7 Å². The van der Waals surface area contributed by atoms with Crippen LogP contribution in [-0.2, 0) is 11.8 Å². The molecule has 0 radical (unpaired) electrons. The lowest BCUT2D eigenvalue weighted by molar-refractivity contribution is 0.0633. The molecule has 3 aromatic rings. The lowest BCUT2D eigenvalue weighted by atomic mass is 9.77. The van der Waals surface area contributed by atoms with E-state index in [2.05, 4.69) is 25.5 Å². The Morgan fingerprint density at radius 1 is 1.27 bits per heavy atom. The first kappa shape index (κ1) is 15.2. The smallest absolute Gasteiger partial charge is 0.255 e. The predicted molar refractivity (Wildman–Crippen MR) is 92.4 cm³/mol. The molecule has 1 spiro atoms. The molecule has 0 aromatic carbocycles. The van der Waals surface area contributed by atoms with E-state index in [4.69, 9.17) is 5.73 Å². The number of tetrazole rings is 1. The molecule has 4 heterocycles. The van der Waals surface area contributed by atoms with Crippen molar-refractivity contribution in [3.8, 4) is 0 Å². The highest BCUT2D eigenvalue weighted by molar-refractivity contribution is 5.94. The first-order valence-corrected chi connectivity index (χ1v) is 8.74. The van der Waals surface area contributed by atoms with E-state index in [9.17, 15) is 4.79 Å². The first-order chi connectivity index (χ1) is 12.6. The highest BCUT2D eigenvalue weighted by Crippen LogP contribution is 2.44. The Morgan fingerprint density at radius 2 is 2.19 bits per heavy atom. The first-order valence-electron chi connectivity index (χ1n) is 8.74. The Bertz CT molecular complexity index is 1010. The third-order valence-electron chi connectivity index (χ3n) is 5.56. The molecule has 1 fully saturated rings. The van der Waals surface area contributed by atoms with E-state index in [1.807, 2.05) is 11.1 Å². The molecule has 2 N–H and O–H groups in total. The van der Waals surface area contributed by atoms with Crippen LogP contribution in [0.4, 0.5) is 5.95 Å². The number of amides is 1. The van der Waals surface area contributed by atoms with Gasteiger partial charge in [0.25, 0.3) is 5.91 Å². The van der Waals surface area contributed by atoms with E-state index in [0.717, 1.165) is 43.5 Å². The van der Waals surface area contributed by atoms with Gasteiger partial charge in [-0.1, -0.05) is 0 Å². The molecular weight excluding hydrogens is 332 g/mol. The number of anilines is 1. The minimum Gasteiger partial charge on any atom is -0.368 e. The minimum absolute atomic E-state index is 0.00282. The zero-order valence-corrected chi connectivity index (χ0v) is 14.2. The molecule has 9 heteroatoms. The lowest BCUT2D eigenvalue weighted by Gasteiger charge is -2.40. The van der Waals surface area contributed by atoms with Crippen molar-refractivity contribution in [1.82, 2.24) is 34.9 Å². The van der Waals surface area contributed by atoms with Gasteiger partial charge in [-0.25, -0.2) is 9.97 Å². The molecule has 9 nitrogen and oxygen atoms in total. The Labute approximate surface area is 149 Å². The average Bonchev–Trinajstić information content (AvgIpc) is 3.26. The summed E-state index contributed by atoms with van der Waals surface area (Å²) in [6, 6.07) is 3.53. The number of nitrogens with two attached hydrogens (primary N) is 1. The summed E-state index contributed by atoms with van der Waals surface area (Å²) in [5.41, 5.74) is 9.10. The van der Waals surface area contributed by atoms with E-state index < -0.39 is 0 Å². The average molecular weight is 350 g/mol. The molecular formula is C17H18N8O. The van der Waals surface area contributed by atoms with Gasteiger partial charge in [-0.3, -0.25) is 4.79 Å². The van der Waals surface area contributed by atoms with Crippen LogP contribution in [0.15, 0.2) is 24.5 Å². The van der Waals surface area contributed by atoms with Crippen molar-refractivity contribution in [2.45, 2.75) is 31.1 Å². The van der Waals surface area contributed by atoms with Crippen molar-refractivity contribution in [3.05, 3.63) is 41.3 Å². The van der Waals surface area contributed by atoms with E-state index in [1.165, 1.54) is 4.52 Å². The molecule has 1 unspecified atom stereocenters. The van der Waals surface area contributed by atoms with Crippen molar-refractivity contribution in [1.29, 1.82) is 0 Å². The summed E-state index contributed by atoms with van der Waals surface area (Å²) in [5, 5.41) is 11.4. The van der Waals surface area contributed by atoms with Gasteiger partial charge in [-0.15, -0.1) is 5.10 Å². The number of fused-ring (bicyclic) bond motifs is 3. The Morgan fingerprint density at radius 3 is 3.12 bits per heavy atom. The van der Waals surface area contributed by atoms with Crippen LogP contribution in [-0.4, -0.2) is 53.9 Å². The zero-order valence-electron chi connectivity index (χ0n) is 14.2. The molecule has 1 amide bonds. The molecule has 0 saturated carbocycles. The second kappa shape index (κ2) is 5.45. The lowest BCUT2D eigenvalue weighted by Crippen LogP contribution is -2.48. The molecule has 2 aliphatic rings. The van der Waals surface area contributed by atoms with Crippen LogP contribution < -0.4 is 5.73 Å². The van der Waals surface area contributed by atoms with Crippen molar-refractivity contribution in [2.75, 3.05) is 18.8 Å². The number of pyridine rings is 1. The van der Waals surface area contributed by atoms with Gasteiger partial charge in [0.05, 0.1) is 11.3 Å². The highest BCUT2D eigenvalue weighted by Gasteiger charge is 2.44. The van der Waals surface area contributed by atoms with Gasteiger partial charge in [-0.05, 0) is 53.8 Å². The summed E-state index contributed by atoms with van der Waals surface area (Å²) in [6.07, 6.45) is 7.40. The van der Waals surface area contributed by atoms with E-state index >= 15 is 0 Å². The van der Waals surface area contributed by atoms with Crippen LogP contribution >= 0.6 is 0 Å². The molecule has 132 valence electrons. The van der Waals surface area contributed by atoms with Crippen molar-refractivity contribution in [2.24, 2.45) is 0 Å². The number of carbonyl (C=O) groups is 1. The maximum absolute atomic E-state index is 13.1. The summed E-state index contributed by atoms with van der Waals surface area (Å²) < 4.78 is 1.52. The van der Waals surface area contributed by atoms with Crippen molar-refractivity contribution in [3.63, 3.8) is 0 Å². The number of nitrogen functional groups attached to an aromatic ring is 1. The Balaban J connectivity index is 1.46. The number of hydrogen-bond acceptors (Lipinski definition) is 7. The molecule has 1 aliphatic carbocycles. The SMILES string of the molecule is Nc1ncc2c(n1)C1(CCCN(C(=O)c3ccc4nnnn4c3)C1)CC2. The number of likely N-dealkylation sites (tertiary alicyclic amines) is 1. The summed E-state index contributed by atoms with van der Waals surface area (Å²) in [6.45, 7) is 1.40. The van der Waals surface area contributed by atoms with Crippen LogP contribution in [0.2, 0.25) is 0 Å². The fourth-order valence-corrected chi connectivity index (χ4v) is 4.31. The van der Waals surface area contributed by atoms with Crippen LogP contribution in [0.25, 0.3) is 5.65 Å². The van der Waals surface area contributed by atoms with E-state index in [-0.39, 0.29) is 11.3 Å². The van der Waals surface area contributed by atoms with Gasteiger partial charge < -0.3 is 10.6 Å². The number of aryl methyl sites for hydroxylation is 1. The minimum atomic E-state index is -0.112. The summed E-state index contributed by atoms with van der Waals surface area (Å²) in [7, 11) is 0. The van der Waals surface area contributed by atoms with Crippen molar-refractivity contribution < 1.29 is 4.79 Å². The fourth-order valence-electron chi connectivity index (χ4n) is 4.31. The van der Waals surface area contributed by atoms with Gasteiger partial charge >= 0.3 is 0 Å². The number of rotatable bonds is 1. The second-order valence-electron chi connectivity index (χ2n) is 7.11. The number of carbonyl (C=O) groups excluding carboxylic acids is 1. The quantitative estimate of drug-likeness (QED) is 0.684. The fraction of sp³-hybridized carbons (Fsp3) is 0.412. The molecule has 5 rings (SSSR count). The molecule has 1 atom stereocenters. The van der Waals surface area contributed by atoms with Crippen LogP contribution in [0, 0.1) is 0 Å². The maximum Gasteiger partial charge on any atom is 0.255 e. The predicted octanol–water partition coefficient (Wildman–Crippen LogP) is 0.617. The largest absolute Gasteiger partial charge is 0.368 e. The molecule has 1 aliphatic heterocycles. The Hall–Kier alpha value is -3.10. The van der Waals surface area contributed by atoms with Crippen LogP contribution in [0.5, 0.6) is 0 Å². The standard InChI is InChI=1S/C17H18N8O/c18-16-19-8-11-4-6-17(14(11)20-16)5-1-7-24(10-17)15(26)12-2-3-13-21-22-23-25(13)9-12/h2-3,8-9H,1,4-7,10H2,(H2,18,19,20). The number of nitrogens with zero attached hydrogens (tertiary/aromatic N) is 7. The summed E-state index contributed by atoms with van der Waals surface area (Å²) in [5.74, 6) is 0.301. The molecule has 3 aromatic heterocycles. The molecule has 26 heavy (non-hydrogen) atoms. The number of hydrogen-bond donors (Lipinski definition) is 1. The summed E-state index contributed by atoms with van der Waals surface area (Å²) >= 11 is 0. The van der Waals surface area contributed by atoms with Gasteiger partial charge in [0, 0.05) is 30.9 Å². The Kier molecular flexibility index (Phi) is 3.18. The summed E-state index contributed by atoms with van der Waals surface area (Å²) in [4.78, 5) is 23.6. The third kappa shape index (κ3) is 2.23. The molecule has 1 saturated heterocycles. The van der Waals surface area contributed by atoms with Crippen LogP contribution in [0.3, 0.4) is 0 Å². The number of piperidine rings is 1.